The van der Waals surface area contributed by atoms with Gasteiger partial charge < -0.3 is 10.2 Å². The van der Waals surface area contributed by atoms with Crippen molar-refractivity contribution < 1.29 is 4.42 Å². The molecule has 0 saturated heterocycles. The Morgan fingerprint density at radius 3 is 2.53 bits per heavy atom. The molecule has 0 fully saturated rings. The van der Waals surface area contributed by atoms with Crippen LogP contribution in [0.3, 0.4) is 0 Å². The van der Waals surface area contributed by atoms with Gasteiger partial charge in [-0.3, -0.25) is 4.90 Å². The van der Waals surface area contributed by atoms with Crippen molar-refractivity contribution >= 4 is 0 Å². The Balaban J connectivity index is 2.88. The molecule has 15 heavy (non-hydrogen) atoms. The van der Waals surface area contributed by atoms with Crippen molar-refractivity contribution in [3.8, 4) is 0 Å². The highest BCUT2D eigenvalue weighted by Crippen LogP contribution is 2.25. The van der Waals surface area contributed by atoms with E-state index in [0.717, 1.165) is 12.2 Å². The van der Waals surface area contributed by atoms with Gasteiger partial charge in [-0.05, 0) is 39.4 Å². The molecule has 2 N–H and O–H groups in total. The molecule has 0 aliphatic carbocycles. The molecule has 0 aromatic carbocycles. The Kier molecular flexibility index (Phi) is 4.36. The van der Waals surface area contributed by atoms with Gasteiger partial charge in [0.25, 0.3) is 0 Å². The fourth-order valence-corrected chi connectivity index (χ4v) is 1.72. The predicted molar refractivity (Wildman–Crippen MR) is 62.6 cm³/mol. The van der Waals surface area contributed by atoms with Crippen molar-refractivity contribution in [2.24, 2.45) is 5.73 Å². The average Bonchev–Trinajstić information content (AvgIpc) is 2.70. The maximum absolute atomic E-state index is 6.15. The van der Waals surface area contributed by atoms with Crippen molar-refractivity contribution in [2.45, 2.75) is 45.3 Å². The van der Waals surface area contributed by atoms with Gasteiger partial charge in [0.1, 0.15) is 5.76 Å². The summed E-state index contributed by atoms with van der Waals surface area (Å²) in [7, 11) is 2.09. The second-order valence-electron chi connectivity index (χ2n) is 4.29. The number of nitrogens with zero attached hydrogens (tertiary/aromatic N) is 1. The van der Waals surface area contributed by atoms with Crippen LogP contribution >= 0.6 is 0 Å². The lowest BCUT2D eigenvalue weighted by Crippen LogP contribution is -2.41. The third kappa shape index (κ3) is 2.83. The zero-order valence-corrected chi connectivity index (χ0v) is 10.1. The fourth-order valence-electron chi connectivity index (χ4n) is 1.72. The van der Waals surface area contributed by atoms with Gasteiger partial charge in [0.05, 0.1) is 12.3 Å². The summed E-state index contributed by atoms with van der Waals surface area (Å²) in [6.07, 6.45) is 2.65. The molecule has 1 aromatic rings. The number of hydrogen-bond donors (Lipinski definition) is 1. The second-order valence-corrected chi connectivity index (χ2v) is 4.29. The Hall–Kier alpha value is -0.800. The van der Waals surface area contributed by atoms with Crippen molar-refractivity contribution in [1.82, 2.24) is 4.90 Å². The molecule has 0 spiro atoms. The van der Waals surface area contributed by atoms with Gasteiger partial charge in [-0.25, -0.2) is 0 Å². The third-order valence-electron chi connectivity index (χ3n) is 2.96. The van der Waals surface area contributed by atoms with Crippen LogP contribution in [0.2, 0.25) is 0 Å². The molecule has 0 amide bonds. The van der Waals surface area contributed by atoms with E-state index < -0.39 is 0 Å². The van der Waals surface area contributed by atoms with Gasteiger partial charge in [-0.15, -0.1) is 0 Å². The van der Waals surface area contributed by atoms with Gasteiger partial charge in [-0.2, -0.15) is 0 Å². The maximum atomic E-state index is 6.15. The molecule has 1 aromatic heterocycles. The molecule has 0 radical (unpaired) electrons. The van der Waals surface area contributed by atoms with E-state index in [4.69, 9.17) is 10.2 Å². The van der Waals surface area contributed by atoms with E-state index in [0.29, 0.717) is 6.04 Å². The topological polar surface area (TPSA) is 42.4 Å². The SMILES string of the molecule is CCC(N)C(c1ccco1)N(C)C(C)C. The smallest absolute Gasteiger partial charge is 0.122 e. The standard InChI is InChI=1S/C12H22N2O/c1-5-10(13)12(14(4)9(2)3)11-7-6-8-15-11/h6-10,12H,5,13H2,1-4H3. The lowest BCUT2D eigenvalue weighted by Gasteiger charge is -2.33. The van der Waals surface area contributed by atoms with Crippen molar-refractivity contribution in [2.75, 3.05) is 7.05 Å². The van der Waals surface area contributed by atoms with Gasteiger partial charge >= 0.3 is 0 Å². The van der Waals surface area contributed by atoms with E-state index in [2.05, 4.69) is 32.7 Å². The summed E-state index contributed by atoms with van der Waals surface area (Å²) in [5, 5.41) is 0. The number of rotatable bonds is 5. The summed E-state index contributed by atoms with van der Waals surface area (Å²) >= 11 is 0. The number of furan rings is 1. The highest BCUT2D eigenvalue weighted by atomic mass is 16.3. The lowest BCUT2D eigenvalue weighted by molar-refractivity contribution is 0.147. The first kappa shape index (κ1) is 12.3. The van der Waals surface area contributed by atoms with E-state index in [1.807, 2.05) is 12.1 Å². The normalized spacial score (nSPS) is 15.9. The second kappa shape index (κ2) is 5.33. The molecule has 0 aliphatic heterocycles. The number of nitrogens with two attached hydrogens (primary N) is 1. The summed E-state index contributed by atoms with van der Waals surface area (Å²) in [6.45, 7) is 6.44. The van der Waals surface area contributed by atoms with E-state index >= 15 is 0 Å². The van der Waals surface area contributed by atoms with E-state index in [1.54, 1.807) is 6.26 Å². The highest BCUT2D eigenvalue weighted by molar-refractivity contribution is 5.07. The minimum Gasteiger partial charge on any atom is -0.468 e. The van der Waals surface area contributed by atoms with Crippen molar-refractivity contribution in [3.63, 3.8) is 0 Å². The van der Waals surface area contributed by atoms with Gasteiger partial charge in [0.2, 0.25) is 0 Å². The van der Waals surface area contributed by atoms with E-state index in [-0.39, 0.29) is 12.1 Å². The third-order valence-corrected chi connectivity index (χ3v) is 2.96. The molecule has 1 heterocycles. The van der Waals surface area contributed by atoms with Gasteiger partial charge in [-0.1, -0.05) is 6.92 Å². The zero-order chi connectivity index (χ0) is 11.4. The Morgan fingerprint density at radius 2 is 2.13 bits per heavy atom. The van der Waals surface area contributed by atoms with Crippen LogP contribution in [-0.2, 0) is 0 Å². The van der Waals surface area contributed by atoms with Crippen LogP contribution in [0.25, 0.3) is 0 Å². The molecule has 0 bridgehead atoms. The largest absolute Gasteiger partial charge is 0.468 e. The number of hydrogen-bond acceptors (Lipinski definition) is 3. The lowest BCUT2D eigenvalue weighted by atomic mass is 10.0. The van der Waals surface area contributed by atoms with Crippen LogP contribution in [0.5, 0.6) is 0 Å². The van der Waals surface area contributed by atoms with Crippen LogP contribution in [0.4, 0.5) is 0 Å². The van der Waals surface area contributed by atoms with E-state index in [9.17, 15) is 0 Å². The Bertz CT molecular complexity index is 269. The molecule has 2 unspecified atom stereocenters. The molecule has 3 heteroatoms. The summed E-state index contributed by atoms with van der Waals surface area (Å²) in [4.78, 5) is 2.26. The monoisotopic (exact) mass is 210 g/mol. The minimum atomic E-state index is 0.114. The summed E-state index contributed by atoms with van der Waals surface area (Å²) < 4.78 is 5.47. The minimum absolute atomic E-state index is 0.114. The molecule has 0 saturated carbocycles. The quantitative estimate of drug-likeness (QED) is 0.811. The molecule has 0 aliphatic rings. The van der Waals surface area contributed by atoms with Gasteiger partial charge in [0.15, 0.2) is 0 Å². The predicted octanol–water partition coefficient (Wildman–Crippen LogP) is 2.40. The molecule has 2 atom stereocenters. The first-order valence-corrected chi connectivity index (χ1v) is 5.58. The van der Waals surface area contributed by atoms with Crippen LogP contribution < -0.4 is 5.73 Å². The maximum Gasteiger partial charge on any atom is 0.122 e. The van der Waals surface area contributed by atoms with Crippen molar-refractivity contribution in [3.05, 3.63) is 24.2 Å². The zero-order valence-electron chi connectivity index (χ0n) is 10.1. The molecule has 1 rings (SSSR count). The summed E-state index contributed by atoms with van der Waals surface area (Å²) in [5.74, 6) is 0.959. The first-order chi connectivity index (χ1) is 7.07. The van der Waals surface area contributed by atoms with Crippen LogP contribution in [0, 0.1) is 0 Å². The summed E-state index contributed by atoms with van der Waals surface area (Å²) in [5.41, 5.74) is 6.15. The van der Waals surface area contributed by atoms with Crippen molar-refractivity contribution in [1.29, 1.82) is 0 Å². The summed E-state index contributed by atoms with van der Waals surface area (Å²) in [6, 6.07) is 4.66. The first-order valence-electron chi connectivity index (χ1n) is 5.58. The average molecular weight is 210 g/mol. The highest BCUT2D eigenvalue weighted by Gasteiger charge is 2.26. The van der Waals surface area contributed by atoms with Crippen LogP contribution in [0.1, 0.15) is 39.0 Å². The molecule has 3 nitrogen and oxygen atoms in total. The van der Waals surface area contributed by atoms with E-state index in [1.165, 1.54) is 0 Å². The molecule has 86 valence electrons. The van der Waals surface area contributed by atoms with Crippen LogP contribution in [-0.4, -0.2) is 24.0 Å². The fraction of sp³-hybridized carbons (Fsp3) is 0.667. The number of likely N-dealkylation sites (N-methyl/N-ethyl adjacent to an activating group) is 1. The van der Waals surface area contributed by atoms with Crippen LogP contribution in [0.15, 0.2) is 22.8 Å². The molecular weight excluding hydrogens is 188 g/mol. The Morgan fingerprint density at radius 1 is 1.47 bits per heavy atom. The molecular formula is C12H22N2O. The Labute approximate surface area is 92.2 Å². The van der Waals surface area contributed by atoms with Gasteiger partial charge in [0, 0.05) is 12.1 Å².